The summed E-state index contributed by atoms with van der Waals surface area (Å²) in [6.07, 6.45) is 3.41. The van der Waals surface area contributed by atoms with Gasteiger partial charge in [-0.3, -0.25) is 0 Å². The molecule has 0 unspecified atom stereocenters. The molecular formula is C16H14N2O3S2. The Morgan fingerprint density at radius 3 is 2.70 bits per heavy atom. The Morgan fingerprint density at radius 2 is 1.96 bits per heavy atom. The van der Waals surface area contributed by atoms with Crippen LogP contribution in [-0.2, 0) is 15.6 Å². The molecular weight excluding hydrogens is 332 g/mol. The van der Waals surface area contributed by atoms with E-state index < -0.39 is 9.84 Å². The number of benzene rings is 1. The Kier molecular flexibility index (Phi) is 4.68. The van der Waals surface area contributed by atoms with Gasteiger partial charge in [-0.2, -0.15) is 4.98 Å². The van der Waals surface area contributed by atoms with E-state index in [-0.39, 0.29) is 17.4 Å². The lowest BCUT2D eigenvalue weighted by atomic mass is 10.2. The predicted octanol–water partition coefficient (Wildman–Crippen LogP) is 3.43. The summed E-state index contributed by atoms with van der Waals surface area (Å²) in [7, 11) is -3.34. The highest BCUT2D eigenvalue weighted by Gasteiger charge is 2.17. The molecule has 7 heteroatoms. The average molecular weight is 346 g/mol. The largest absolute Gasteiger partial charge is 0.338 e. The molecule has 0 aliphatic heterocycles. The first-order valence-corrected chi connectivity index (χ1v) is 9.61. The van der Waals surface area contributed by atoms with E-state index >= 15 is 0 Å². The highest BCUT2D eigenvalue weighted by atomic mass is 32.2. The fourth-order valence-electron chi connectivity index (χ4n) is 1.96. The summed E-state index contributed by atoms with van der Waals surface area (Å²) in [5, 5.41) is 5.71. The van der Waals surface area contributed by atoms with Crippen molar-refractivity contribution in [1.29, 1.82) is 0 Å². The fraction of sp³-hybridized carbons (Fsp3) is 0.125. The van der Waals surface area contributed by atoms with Crippen LogP contribution in [0.2, 0.25) is 0 Å². The SMILES string of the molecule is O=S(=O)(CC=Cc1ccccc1)Cc1nc(-c2cccs2)no1. The summed E-state index contributed by atoms with van der Waals surface area (Å²) in [6.45, 7) is 0. The van der Waals surface area contributed by atoms with Crippen molar-refractivity contribution in [2.75, 3.05) is 5.75 Å². The van der Waals surface area contributed by atoms with Gasteiger partial charge in [-0.1, -0.05) is 53.7 Å². The van der Waals surface area contributed by atoms with Crippen LogP contribution < -0.4 is 0 Å². The zero-order valence-electron chi connectivity index (χ0n) is 12.1. The smallest absolute Gasteiger partial charge is 0.242 e. The molecule has 0 bridgehead atoms. The fourth-order valence-corrected chi connectivity index (χ4v) is 3.61. The van der Waals surface area contributed by atoms with Crippen molar-refractivity contribution in [3.8, 4) is 10.7 Å². The van der Waals surface area contributed by atoms with Crippen LogP contribution in [0.1, 0.15) is 11.5 Å². The van der Waals surface area contributed by atoms with Gasteiger partial charge in [-0.05, 0) is 17.0 Å². The van der Waals surface area contributed by atoms with Gasteiger partial charge in [0.05, 0.1) is 10.6 Å². The van der Waals surface area contributed by atoms with Gasteiger partial charge in [-0.15, -0.1) is 11.3 Å². The molecule has 118 valence electrons. The molecule has 0 fully saturated rings. The number of nitrogens with zero attached hydrogens (tertiary/aromatic N) is 2. The van der Waals surface area contributed by atoms with Crippen molar-refractivity contribution in [3.05, 3.63) is 65.4 Å². The summed E-state index contributed by atoms with van der Waals surface area (Å²) in [5.41, 5.74) is 0.959. The number of aromatic nitrogens is 2. The third kappa shape index (κ3) is 4.37. The third-order valence-electron chi connectivity index (χ3n) is 3.01. The lowest BCUT2D eigenvalue weighted by Crippen LogP contribution is -2.07. The maximum atomic E-state index is 12.1. The summed E-state index contributed by atoms with van der Waals surface area (Å²) >= 11 is 1.47. The van der Waals surface area contributed by atoms with E-state index in [1.807, 2.05) is 47.8 Å². The third-order valence-corrected chi connectivity index (χ3v) is 5.27. The topological polar surface area (TPSA) is 73.1 Å². The van der Waals surface area contributed by atoms with Gasteiger partial charge < -0.3 is 4.52 Å². The molecule has 3 aromatic rings. The predicted molar refractivity (Wildman–Crippen MR) is 90.6 cm³/mol. The first-order chi connectivity index (χ1) is 11.1. The highest BCUT2D eigenvalue weighted by molar-refractivity contribution is 7.90. The molecule has 0 aliphatic carbocycles. The van der Waals surface area contributed by atoms with Crippen molar-refractivity contribution in [2.45, 2.75) is 5.75 Å². The molecule has 5 nitrogen and oxygen atoms in total. The van der Waals surface area contributed by atoms with Crippen molar-refractivity contribution >= 4 is 27.3 Å². The van der Waals surface area contributed by atoms with E-state index in [4.69, 9.17) is 4.52 Å². The molecule has 0 radical (unpaired) electrons. The monoisotopic (exact) mass is 346 g/mol. The Hall–Kier alpha value is -2.25. The van der Waals surface area contributed by atoms with Crippen molar-refractivity contribution in [2.24, 2.45) is 0 Å². The number of hydrogen-bond donors (Lipinski definition) is 0. The summed E-state index contributed by atoms with van der Waals surface area (Å²) in [4.78, 5) is 4.98. The second-order valence-corrected chi connectivity index (χ2v) is 7.91. The number of sulfone groups is 1. The van der Waals surface area contributed by atoms with Gasteiger partial charge in [-0.25, -0.2) is 8.42 Å². The Morgan fingerprint density at radius 1 is 1.13 bits per heavy atom. The average Bonchev–Trinajstić information content (AvgIpc) is 3.18. The molecule has 0 saturated carbocycles. The van der Waals surface area contributed by atoms with E-state index in [1.165, 1.54) is 11.3 Å². The van der Waals surface area contributed by atoms with Gasteiger partial charge in [0, 0.05) is 0 Å². The van der Waals surface area contributed by atoms with E-state index in [0.29, 0.717) is 5.82 Å². The van der Waals surface area contributed by atoms with Crippen LogP contribution in [0.3, 0.4) is 0 Å². The van der Waals surface area contributed by atoms with Crippen molar-refractivity contribution in [3.63, 3.8) is 0 Å². The lowest BCUT2D eigenvalue weighted by Gasteiger charge is -1.96. The molecule has 23 heavy (non-hydrogen) atoms. The molecule has 3 rings (SSSR count). The normalized spacial score (nSPS) is 12.0. The van der Waals surface area contributed by atoms with Crippen molar-refractivity contribution in [1.82, 2.24) is 10.1 Å². The van der Waals surface area contributed by atoms with E-state index in [0.717, 1.165) is 10.4 Å². The van der Waals surface area contributed by atoms with Gasteiger partial charge in [0.15, 0.2) is 9.84 Å². The number of thiophene rings is 1. The number of rotatable bonds is 6. The Bertz CT molecular complexity index is 883. The summed E-state index contributed by atoms with van der Waals surface area (Å²) in [5.74, 6) is 0.204. The summed E-state index contributed by atoms with van der Waals surface area (Å²) < 4.78 is 29.3. The van der Waals surface area contributed by atoms with Crippen LogP contribution in [-0.4, -0.2) is 24.3 Å². The number of hydrogen-bond acceptors (Lipinski definition) is 6. The van der Waals surface area contributed by atoms with Gasteiger partial charge in [0.25, 0.3) is 0 Å². The second kappa shape index (κ2) is 6.89. The molecule has 0 saturated heterocycles. The quantitative estimate of drug-likeness (QED) is 0.684. The molecule has 1 aromatic carbocycles. The molecule has 0 aliphatic rings. The molecule has 2 heterocycles. The van der Waals surface area contributed by atoms with Crippen LogP contribution in [0.25, 0.3) is 16.8 Å². The van der Waals surface area contributed by atoms with Crippen LogP contribution in [0.4, 0.5) is 0 Å². The minimum atomic E-state index is -3.34. The van der Waals surface area contributed by atoms with Gasteiger partial charge in [0.2, 0.25) is 11.7 Å². The van der Waals surface area contributed by atoms with Crippen LogP contribution in [0.5, 0.6) is 0 Å². The van der Waals surface area contributed by atoms with E-state index in [2.05, 4.69) is 10.1 Å². The van der Waals surface area contributed by atoms with Gasteiger partial charge in [0.1, 0.15) is 5.75 Å². The van der Waals surface area contributed by atoms with Crippen molar-refractivity contribution < 1.29 is 12.9 Å². The maximum absolute atomic E-state index is 12.1. The van der Waals surface area contributed by atoms with Gasteiger partial charge >= 0.3 is 0 Å². The zero-order chi connectivity index (χ0) is 16.1. The lowest BCUT2D eigenvalue weighted by molar-refractivity contribution is 0.389. The highest BCUT2D eigenvalue weighted by Crippen LogP contribution is 2.21. The van der Waals surface area contributed by atoms with E-state index in [1.54, 1.807) is 12.2 Å². The summed E-state index contributed by atoms with van der Waals surface area (Å²) in [6, 6.07) is 13.3. The minimum absolute atomic E-state index is 0.0708. The molecule has 0 spiro atoms. The molecule has 2 aromatic heterocycles. The van der Waals surface area contributed by atoms with E-state index in [9.17, 15) is 8.42 Å². The molecule has 0 atom stereocenters. The zero-order valence-corrected chi connectivity index (χ0v) is 13.8. The van der Waals surface area contributed by atoms with Crippen LogP contribution >= 0.6 is 11.3 Å². The first-order valence-electron chi connectivity index (χ1n) is 6.91. The molecule has 0 N–H and O–H groups in total. The standard InChI is InChI=1S/C16H14N2O3S2/c19-23(20,11-5-8-13-6-2-1-3-7-13)12-15-17-16(18-21-15)14-9-4-10-22-14/h1-10H,11-12H2. The Labute approximate surface area is 138 Å². The first kappa shape index (κ1) is 15.6. The Balaban J connectivity index is 1.64. The maximum Gasteiger partial charge on any atom is 0.242 e. The van der Waals surface area contributed by atoms with Crippen LogP contribution in [0, 0.1) is 0 Å². The second-order valence-electron chi connectivity index (χ2n) is 4.86. The molecule has 0 amide bonds. The van der Waals surface area contributed by atoms with Crippen LogP contribution in [0.15, 0.2) is 58.4 Å². The minimum Gasteiger partial charge on any atom is -0.338 e.